The van der Waals surface area contributed by atoms with E-state index in [-0.39, 0.29) is 18.6 Å². The molecule has 5 heteroatoms. The molecule has 0 unspecified atom stereocenters. The van der Waals surface area contributed by atoms with Crippen molar-refractivity contribution in [1.82, 2.24) is 10.6 Å². The molecular formula is C24H24N2O3. The molecule has 2 N–H and O–H groups in total. The Labute approximate surface area is 170 Å². The largest absolute Gasteiger partial charge is 0.445 e. The smallest absolute Gasteiger partial charge is 0.408 e. The minimum atomic E-state index is -0.742. The topological polar surface area (TPSA) is 67.4 Å². The number of rotatable bonds is 7. The summed E-state index contributed by atoms with van der Waals surface area (Å²) in [6, 6.07) is 27.8. The number of alkyl carbamates (subject to hydrolysis) is 1. The highest BCUT2D eigenvalue weighted by Gasteiger charge is 2.22. The van der Waals surface area contributed by atoms with Gasteiger partial charge >= 0.3 is 6.09 Å². The predicted octanol–water partition coefficient (Wildman–Crippen LogP) is 4.21. The molecule has 2 amide bonds. The minimum absolute atomic E-state index is 0.150. The number of ether oxygens (including phenoxy) is 1. The van der Waals surface area contributed by atoms with Gasteiger partial charge in [-0.25, -0.2) is 4.79 Å². The van der Waals surface area contributed by atoms with Crippen LogP contribution >= 0.6 is 0 Å². The van der Waals surface area contributed by atoms with Gasteiger partial charge in [0, 0.05) is 0 Å². The zero-order valence-corrected chi connectivity index (χ0v) is 16.2. The summed E-state index contributed by atoms with van der Waals surface area (Å²) in [4.78, 5) is 24.8. The van der Waals surface area contributed by atoms with Gasteiger partial charge in [-0.05, 0) is 23.6 Å². The van der Waals surface area contributed by atoms with Crippen LogP contribution in [0.1, 0.15) is 29.7 Å². The molecular weight excluding hydrogens is 364 g/mol. The molecule has 29 heavy (non-hydrogen) atoms. The molecule has 0 fully saturated rings. The first kappa shape index (κ1) is 20.1. The van der Waals surface area contributed by atoms with Crippen LogP contribution in [0.4, 0.5) is 4.79 Å². The van der Waals surface area contributed by atoms with Crippen molar-refractivity contribution in [3.05, 3.63) is 108 Å². The average molecular weight is 388 g/mol. The maximum Gasteiger partial charge on any atom is 0.408 e. The Balaban J connectivity index is 1.61. The van der Waals surface area contributed by atoms with Crippen LogP contribution in [0.15, 0.2) is 91.0 Å². The monoisotopic (exact) mass is 388 g/mol. The molecule has 0 aliphatic carbocycles. The number of hydrogen-bond acceptors (Lipinski definition) is 3. The summed E-state index contributed by atoms with van der Waals surface area (Å²) >= 11 is 0. The summed E-state index contributed by atoms with van der Waals surface area (Å²) < 4.78 is 5.19. The summed E-state index contributed by atoms with van der Waals surface area (Å²) in [5.74, 6) is -0.292. The SMILES string of the molecule is C[C@H](NC(=O)OCc1ccccc1)C(=O)NC(c1ccccc1)c1ccccc1. The second kappa shape index (κ2) is 10.1. The summed E-state index contributed by atoms with van der Waals surface area (Å²) in [5, 5.41) is 5.60. The third-order valence-corrected chi connectivity index (χ3v) is 4.49. The predicted molar refractivity (Wildman–Crippen MR) is 112 cm³/mol. The molecule has 0 radical (unpaired) electrons. The van der Waals surface area contributed by atoms with E-state index in [2.05, 4.69) is 10.6 Å². The summed E-state index contributed by atoms with van der Waals surface area (Å²) in [7, 11) is 0. The Morgan fingerprint density at radius 3 is 1.76 bits per heavy atom. The molecule has 0 heterocycles. The summed E-state index contributed by atoms with van der Waals surface area (Å²) in [5.41, 5.74) is 2.81. The molecule has 3 rings (SSSR count). The first-order valence-corrected chi connectivity index (χ1v) is 9.51. The lowest BCUT2D eigenvalue weighted by Gasteiger charge is -2.22. The second-order valence-corrected chi connectivity index (χ2v) is 6.69. The number of benzene rings is 3. The van der Waals surface area contributed by atoms with Crippen LogP contribution in [-0.4, -0.2) is 18.0 Å². The van der Waals surface area contributed by atoms with Crippen molar-refractivity contribution in [1.29, 1.82) is 0 Å². The zero-order valence-electron chi connectivity index (χ0n) is 16.2. The first-order valence-electron chi connectivity index (χ1n) is 9.51. The highest BCUT2D eigenvalue weighted by atomic mass is 16.5. The van der Waals surface area contributed by atoms with Gasteiger partial charge in [0.25, 0.3) is 0 Å². The lowest BCUT2D eigenvalue weighted by Crippen LogP contribution is -2.46. The van der Waals surface area contributed by atoms with Gasteiger partial charge in [-0.1, -0.05) is 91.0 Å². The van der Waals surface area contributed by atoms with E-state index in [9.17, 15) is 9.59 Å². The summed E-state index contributed by atoms with van der Waals surface area (Å²) in [6.07, 6.45) is -0.632. The van der Waals surface area contributed by atoms with E-state index in [0.29, 0.717) is 0 Å². The Hall–Kier alpha value is -3.60. The summed E-state index contributed by atoms with van der Waals surface area (Å²) in [6.45, 7) is 1.78. The van der Waals surface area contributed by atoms with Crippen molar-refractivity contribution in [3.63, 3.8) is 0 Å². The van der Waals surface area contributed by atoms with Crippen LogP contribution < -0.4 is 10.6 Å². The minimum Gasteiger partial charge on any atom is -0.445 e. The van der Waals surface area contributed by atoms with Gasteiger partial charge in [-0.3, -0.25) is 4.79 Å². The molecule has 3 aromatic carbocycles. The van der Waals surface area contributed by atoms with Crippen LogP contribution in [0.5, 0.6) is 0 Å². The number of hydrogen-bond donors (Lipinski definition) is 2. The average Bonchev–Trinajstić information content (AvgIpc) is 2.77. The Morgan fingerprint density at radius 2 is 1.24 bits per heavy atom. The normalized spacial score (nSPS) is 11.5. The maximum absolute atomic E-state index is 12.7. The lowest BCUT2D eigenvalue weighted by molar-refractivity contribution is -0.123. The fourth-order valence-corrected chi connectivity index (χ4v) is 2.92. The van der Waals surface area contributed by atoms with Crippen molar-refractivity contribution < 1.29 is 14.3 Å². The first-order chi connectivity index (χ1) is 14.1. The lowest BCUT2D eigenvalue weighted by atomic mass is 9.98. The van der Waals surface area contributed by atoms with E-state index in [1.165, 1.54) is 0 Å². The van der Waals surface area contributed by atoms with Crippen LogP contribution in [0.2, 0.25) is 0 Å². The van der Waals surface area contributed by atoms with Crippen LogP contribution in [0.3, 0.4) is 0 Å². The Bertz CT molecular complexity index is 875. The molecule has 148 valence electrons. The zero-order chi connectivity index (χ0) is 20.5. The van der Waals surface area contributed by atoms with Crippen molar-refractivity contribution in [2.45, 2.75) is 25.6 Å². The maximum atomic E-state index is 12.7. The van der Waals surface area contributed by atoms with Gasteiger partial charge < -0.3 is 15.4 Å². The number of amides is 2. The number of carbonyl (C=O) groups excluding carboxylic acids is 2. The van der Waals surface area contributed by atoms with E-state index >= 15 is 0 Å². The van der Waals surface area contributed by atoms with Crippen molar-refractivity contribution in [2.75, 3.05) is 0 Å². The molecule has 0 saturated heterocycles. The standard InChI is InChI=1S/C24H24N2O3/c1-18(25-24(28)29-17-19-11-5-2-6-12-19)23(27)26-22(20-13-7-3-8-14-20)21-15-9-4-10-16-21/h2-16,18,22H,17H2,1H3,(H,25,28)(H,26,27)/t18-/m0/s1. The quantitative estimate of drug-likeness (QED) is 0.637. The molecule has 1 atom stereocenters. The van der Waals surface area contributed by atoms with E-state index < -0.39 is 12.1 Å². The number of nitrogens with one attached hydrogen (secondary N) is 2. The molecule has 0 aromatic heterocycles. The van der Waals surface area contributed by atoms with Gasteiger partial charge in [0.1, 0.15) is 12.6 Å². The van der Waals surface area contributed by atoms with E-state index in [4.69, 9.17) is 4.74 Å². The highest BCUT2D eigenvalue weighted by molar-refractivity contribution is 5.85. The van der Waals surface area contributed by atoms with Crippen LogP contribution in [0.25, 0.3) is 0 Å². The fourth-order valence-electron chi connectivity index (χ4n) is 2.92. The van der Waals surface area contributed by atoms with E-state index in [1.54, 1.807) is 6.92 Å². The van der Waals surface area contributed by atoms with Crippen molar-refractivity contribution >= 4 is 12.0 Å². The molecule has 3 aromatic rings. The van der Waals surface area contributed by atoms with Crippen LogP contribution in [0, 0.1) is 0 Å². The van der Waals surface area contributed by atoms with Gasteiger partial charge in [-0.2, -0.15) is 0 Å². The molecule has 0 bridgehead atoms. The highest BCUT2D eigenvalue weighted by Crippen LogP contribution is 2.21. The number of carbonyl (C=O) groups is 2. The fraction of sp³-hybridized carbons (Fsp3) is 0.167. The van der Waals surface area contributed by atoms with Gasteiger partial charge in [0.2, 0.25) is 5.91 Å². The van der Waals surface area contributed by atoms with E-state index in [1.807, 2.05) is 91.0 Å². The van der Waals surface area contributed by atoms with E-state index in [0.717, 1.165) is 16.7 Å². The Morgan fingerprint density at radius 1 is 0.759 bits per heavy atom. The molecule has 0 saturated carbocycles. The van der Waals surface area contributed by atoms with Gasteiger partial charge in [0.15, 0.2) is 0 Å². The molecule has 5 nitrogen and oxygen atoms in total. The Kier molecular flexibility index (Phi) is 7.00. The second-order valence-electron chi connectivity index (χ2n) is 6.69. The molecule has 0 aliphatic heterocycles. The third-order valence-electron chi connectivity index (χ3n) is 4.49. The van der Waals surface area contributed by atoms with Crippen LogP contribution in [-0.2, 0) is 16.1 Å². The molecule has 0 spiro atoms. The van der Waals surface area contributed by atoms with Crippen molar-refractivity contribution in [2.24, 2.45) is 0 Å². The third kappa shape index (κ3) is 5.94. The van der Waals surface area contributed by atoms with Gasteiger partial charge in [-0.15, -0.1) is 0 Å². The van der Waals surface area contributed by atoms with Crippen molar-refractivity contribution in [3.8, 4) is 0 Å². The molecule has 0 aliphatic rings. The van der Waals surface area contributed by atoms with Gasteiger partial charge in [0.05, 0.1) is 6.04 Å².